The second kappa shape index (κ2) is 6.17. The van der Waals surface area contributed by atoms with Crippen LogP contribution < -0.4 is 10.6 Å². The molecule has 2 nitrogen and oxygen atoms in total. The third kappa shape index (κ3) is 3.31. The van der Waals surface area contributed by atoms with E-state index in [0.29, 0.717) is 5.11 Å². The highest BCUT2D eigenvalue weighted by Gasteiger charge is 1.98. The van der Waals surface area contributed by atoms with Crippen LogP contribution in [0, 0.1) is 0 Å². The number of hydrogen-bond donors (Lipinski definition) is 2. The molecular weight excluding hydrogens is 240 g/mol. The highest BCUT2D eigenvalue weighted by molar-refractivity contribution is 7.80. The van der Waals surface area contributed by atoms with Crippen LogP contribution in [0.15, 0.2) is 54.6 Å². The molecule has 2 rings (SSSR count). The first-order valence-corrected chi connectivity index (χ1v) is 6.41. The van der Waals surface area contributed by atoms with E-state index in [1.165, 1.54) is 11.1 Å². The summed E-state index contributed by atoms with van der Waals surface area (Å²) in [5.74, 6) is 0. The van der Waals surface area contributed by atoms with Gasteiger partial charge < -0.3 is 10.6 Å². The number of nitrogens with one attached hydrogen (secondary N) is 2. The Bertz CT molecular complexity index is 506. The lowest BCUT2D eigenvalue weighted by Crippen LogP contribution is -2.27. The van der Waals surface area contributed by atoms with Gasteiger partial charge in [-0.2, -0.15) is 0 Å². The largest absolute Gasteiger partial charge is 0.363 e. The second-order valence-electron chi connectivity index (χ2n) is 3.93. The average molecular weight is 256 g/mol. The molecule has 0 radical (unpaired) electrons. The highest BCUT2D eigenvalue weighted by atomic mass is 32.1. The molecule has 0 heterocycles. The Kier molecular flexibility index (Phi) is 4.31. The molecule has 0 fully saturated rings. The van der Waals surface area contributed by atoms with E-state index in [9.17, 15) is 0 Å². The number of anilines is 1. The lowest BCUT2D eigenvalue weighted by Gasteiger charge is -2.09. The maximum absolute atomic E-state index is 5.14. The molecule has 0 saturated carbocycles. The van der Waals surface area contributed by atoms with Crippen LogP contribution in [0.25, 0.3) is 11.1 Å². The van der Waals surface area contributed by atoms with E-state index in [-0.39, 0.29) is 0 Å². The summed E-state index contributed by atoms with van der Waals surface area (Å²) in [4.78, 5) is 0. The van der Waals surface area contributed by atoms with E-state index in [2.05, 4.69) is 34.9 Å². The molecule has 0 aliphatic rings. The number of thiocarbonyl (C=S) groups is 1. The maximum atomic E-state index is 5.14. The summed E-state index contributed by atoms with van der Waals surface area (Å²) in [6.45, 7) is 2.85. The molecule has 92 valence electrons. The molecule has 0 bridgehead atoms. The third-order valence-corrected chi connectivity index (χ3v) is 2.83. The monoisotopic (exact) mass is 256 g/mol. The molecule has 0 spiro atoms. The number of benzene rings is 2. The Morgan fingerprint density at radius 3 is 2.17 bits per heavy atom. The van der Waals surface area contributed by atoms with E-state index in [0.717, 1.165) is 12.2 Å². The predicted molar refractivity (Wildman–Crippen MR) is 81.8 cm³/mol. The van der Waals surface area contributed by atoms with Crippen molar-refractivity contribution < 1.29 is 0 Å². The Morgan fingerprint density at radius 2 is 1.56 bits per heavy atom. The smallest absolute Gasteiger partial charge is 0.170 e. The van der Waals surface area contributed by atoms with Crippen molar-refractivity contribution in [1.29, 1.82) is 0 Å². The van der Waals surface area contributed by atoms with E-state index < -0.39 is 0 Å². The minimum Gasteiger partial charge on any atom is -0.363 e. The SMILES string of the molecule is CCNC(=S)Nc1ccc(-c2ccccc2)cc1. The van der Waals surface area contributed by atoms with Gasteiger partial charge in [-0.15, -0.1) is 0 Å². The zero-order valence-corrected chi connectivity index (χ0v) is 11.1. The van der Waals surface area contributed by atoms with Gasteiger partial charge in [0.25, 0.3) is 0 Å². The lowest BCUT2D eigenvalue weighted by molar-refractivity contribution is 0.979. The highest BCUT2D eigenvalue weighted by Crippen LogP contribution is 2.20. The van der Waals surface area contributed by atoms with Crippen LogP contribution in [0.3, 0.4) is 0 Å². The van der Waals surface area contributed by atoms with E-state index in [4.69, 9.17) is 12.2 Å². The van der Waals surface area contributed by atoms with Gasteiger partial charge >= 0.3 is 0 Å². The van der Waals surface area contributed by atoms with Crippen LogP contribution in [0.1, 0.15) is 6.92 Å². The zero-order valence-electron chi connectivity index (χ0n) is 10.3. The van der Waals surface area contributed by atoms with Crippen LogP contribution in [0.2, 0.25) is 0 Å². The zero-order chi connectivity index (χ0) is 12.8. The maximum Gasteiger partial charge on any atom is 0.170 e. The van der Waals surface area contributed by atoms with Gasteiger partial charge in [-0.25, -0.2) is 0 Å². The predicted octanol–water partition coefficient (Wildman–Crippen LogP) is 3.66. The van der Waals surface area contributed by atoms with Crippen molar-refractivity contribution in [3.63, 3.8) is 0 Å². The summed E-state index contributed by atoms with van der Waals surface area (Å²) < 4.78 is 0. The summed E-state index contributed by atoms with van der Waals surface area (Å²) in [6, 6.07) is 18.6. The summed E-state index contributed by atoms with van der Waals surface area (Å²) in [5, 5.41) is 6.86. The van der Waals surface area contributed by atoms with Gasteiger partial charge in [0.2, 0.25) is 0 Å². The van der Waals surface area contributed by atoms with Crippen molar-refractivity contribution in [3.05, 3.63) is 54.6 Å². The first-order chi connectivity index (χ1) is 8.79. The minimum absolute atomic E-state index is 0.657. The van der Waals surface area contributed by atoms with E-state index >= 15 is 0 Å². The van der Waals surface area contributed by atoms with Gasteiger partial charge in [-0.1, -0.05) is 42.5 Å². The van der Waals surface area contributed by atoms with Gasteiger partial charge in [0, 0.05) is 12.2 Å². The summed E-state index contributed by atoms with van der Waals surface area (Å²) in [7, 11) is 0. The fraction of sp³-hybridized carbons (Fsp3) is 0.133. The van der Waals surface area contributed by atoms with Crippen LogP contribution >= 0.6 is 12.2 Å². The first kappa shape index (κ1) is 12.6. The molecule has 2 aromatic carbocycles. The fourth-order valence-corrected chi connectivity index (χ4v) is 1.97. The van der Waals surface area contributed by atoms with Crippen molar-refractivity contribution in [2.75, 3.05) is 11.9 Å². The lowest BCUT2D eigenvalue weighted by atomic mass is 10.1. The first-order valence-electron chi connectivity index (χ1n) is 6.00. The van der Waals surface area contributed by atoms with Crippen molar-refractivity contribution in [2.24, 2.45) is 0 Å². The van der Waals surface area contributed by atoms with Crippen molar-refractivity contribution in [2.45, 2.75) is 6.92 Å². The molecule has 0 aliphatic heterocycles. The van der Waals surface area contributed by atoms with E-state index in [1.807, 2.05) is 37.3 Å². The van der Waals surface area contributed by atoms with Crippen LogP contribution in [0.5, 0.6) is 0 Å². The molecule has 0 aliphatic carbocycles. The molecule has 0 atom stereocenters. The van der Waals surface area contributed by atoms with Gasteiger partial charge in [-0.05, 0) is 42.4 Å². The third-order valence-electron chi connectivity index (χ3n) is 2.59. The van der Waals surface area contributed by atoms with Gasteiger partial charge in [0.05, 0.1) is 0 Å². The fourth-order valence-electron chi connectivity index (χ4n) is 1.71. The molecule has 2 aromatic rings. The quantitative estimate of drug-likeness (QED) is 0.820. The van der Waals surface area contributed by atoms with E-state index in [1.54, 1.807) is 0 Å². The van der Waals surface area contributed by atoms with Crippen LogP contribution in [-0.4, -0.2) is 11.7 Å². The average Bonchev–Trinajstić information content (AvgIpc) is 2.41. The van der Waals surface area contributed by atoms with Gasteiger partial charge in [0.1, 0.15) is 0 Å². The molecular formula is C15H16N2S. The normalized spacial score (nSPS) is 9.83. The van der Waals surface area contributed by atoms with Crippen LogP contribution in [-0.2, 0) is 0 Å². The Labute approximate surface area is 113 Å². The second-order valence-corrected chi connectivity index (χ2v) is 4.34. The summed E-state index contributed by atoms with van der Waals surface area (Å²) in [6.07, 6.45) is 0. The standard InChI is InChI=1S/C15H16N2S/c1-2-16-15(18)17-14-10-8-13(9-11-14)12-6-4-3-5-7-12/h3-11H,2H2,1H3,(H2,16,17,18). The van der Waals surface area contributed by atoms with Crippen molar-refractivity contribution in [1.82, 2.24) is 5.32 Å². The van der Waals surface area contributed by atoms with Gasteiger partial charge in [0.15, 0.2) is 5.11 Å². The Hall–Kier alpha value is -1.87. The molecule has 3 heteroatoms. The Morgan fingerprint density at radius 1 is 0.944 bits per heavy atom. The molecule has 2 N–H and O–H groups in total. The Balaban J connectivity index is 2.09. The molecule has 0 aromatic heterocycles. The summed E-state index contributed by atoms with van der Waals surface area (Å²) >= 11 is 5.14. The number of hydrogen-bond acceptors (Lipinski definition) is 1. The van der Waals surface area contributed by atoms with Crippen LogP contribution in [0.4, 0.5) is 5.69 Å². The molecule has 18 heavy (non-hydrogen) atoms. The molecule has 0 unspecified atom stereocenters. The summed E-state index contributed by atoms with van der Waals surface area (Å²) in [5.41, 5.74) is 3.43. The number of rotatable bonds is 3. The van der Waals surface area contributed by atoms with Crippen molar-refractivity contribution >= 4 is 23.0 Å². The minimum atomic E-state index is 0.657. The molecule has 0 saturated heterocycles. The van der Waals surface area contributed by atoms with Gasteiger partial charge in [-0.3, -0.25) is 0 Å². The topological polar surface area (TPSA) is 24.1 Å². The molecule has 0 amide bonds. The van der Waals surface area contributed by atoms with Crippen molar-refractivity contribution in [3.8, 4) is 11.1 Å².